The van der Waals surface area contributed by atoms with Gasteiger partial charge in [-0.15, -0.1) is 0 Å². The number of carbonyl (C=O) groups is 1. The lowest BCUT2D eigenvalue weighted by atomic mass is 10.1. The first-order chi connectivity index (χ1) is 7.68. The third-order valence-corrected chi connectivity index (χ3v) is 3.40. The monoisotopic (exact) mass is 219 g/mol. The Balaban J connectivity index is 2.02. The van der Waals surface area contributed by atoms with Gasteiger partial charge in [0.25, 0.3) is 0 Å². The lowest BCUT2D eigenvalue weighted by Gasteiger charge is -2.24. The van der Waals surface area contributed by atoms with Crippen molar-refractivity contribution in [3.05, 3.63) is 35.9 Å². The summed E-state index contributed by atoms with van der Waals surface area (Å²) in [6.07, 6.45) is 0.770. The summed E-state index contributed by atoms with van der Waals surface area (Å²) in [5, 5.41) is 8.96. The Morgan fingerprint density at radius 2 is 2.12 bits per heavy atom. The van der Waals surface area contributed by atoms with E-state index in [-0.39, 0.29) is 5.92 Å². The van der Waals surface area contributed by atoms with Crippen LogP contribution in [-0.4, -0.2) is 29.1 Å². The molecule has 1 aliphatic heterocycles. The largest absolute Gasteiger partial charge is 0.481 e. The first kappa shape index (κ1) is 11.1. The molecule has 1 aliphatic rings. The summed E-state index contributed by atoms with van der Waals surface area (Å²) in [5.74, 6) is -0.853. The van der Waals surface area contributed by atoms with Crippen molar-refractivity contribution in [3.8, 4) is 0 Å². The molecule has 0 bridgehead atoms. The van der Waals surface area contributed by atoms with Gasteiger partial charge in [0.15, 0.2) is 0 Å². The minimum absolute atomic E-state index is 0.189. The Kier molecular flexibility index (Phi) is 3.25. The molecule has 0 aromatic heterocycles. The highest BCUT2D eigenvalue weighted by molar-refractivity contribution is 5.70. The van der Waals surface area contributed by atoms with Crippen LogP contribution in [-0.2, 0) is 4.79 Å². The molecule has 0 radical (unpaired) electrons. The highest BCUT2D eigenvalue weighted by atomic mass is 16.4. The predicted octanol–water partition coefficient (Wildman–Crippen LogP) is 2.15. The summed E-state index contributed by atoms with van der Waals surface area (Å²) < 4.78 is 0. The molecule has 16 heavy (non-hydrogen) atoms. The quantitative estimate of drug-likeness (QED) is 0.846. The van der Waals surface area contributed by atoms with E-state index >= 15 is 0 Å². The minimum Gasteiger partial charge on any atom is -0.481 e. The molecule has 0 spiro atoms. The van der Waals surface area contributed by atoms with E-state index in [0.717, 1.165) is 13.0 Å². The van der Waals surface area contributed by atoms with Crippen LogP contribution < -0.4 is 0 Å². The fraction of sp³-hybridized carbons (Fsp3) is 0.462. The molecule has 1 unspecified atom stereocenters. The molecular formula is C13H17NO2. The van der Waals surface area contributed by atoms with E-state index in [4.69, 9.17) is 5.11 Å². The molecule has 1 saturated heterocycles. The maximum absolute atomic E-state index is 10.9. The summed E-state index contributed by atoms with van der Waals surface area (Å²) in [4.78, 5) is 13.1. The number of aliphatic carboxylic acids is 1. The van der Waals surface area contributed by atoms with Crippen molar-refractivity contribution >= 4 is 5.97 Å². The number of benzene rings is 1. The van der Waals surface area contributed by atoms with Crippen molar-refractivity contribution < 1.29 is 9.90 Å². The second-order valence-corrected chi connectivity index (χ2v) is 4.41. The van der Waals surface area contributed by atoms with Gasteiger partial charge in [0.1, 0.15) is 0 Å². The van der Waals surface area contributed by atoms with Crippen molar-refractivity contribution in [2.24, 2.45) is 5.92 Å². The van der Waals surface area contributed by atoms with Gasteiger partial charge in [0, 0.05) is 12.6 Å². The fourth-order valence-corrected chi connectivity index (χ4v) is 2.28. The van der Waals surface area contributed by atoms with Gasteiger partial charge in [-0.05, 0) is 25.5 Å². The van der Waals surface area contributed by atoms with Crippen LogP contribution in [0.5, 0.6) is 0 Å². The van der Waals surface area contributed by atoms with Crippen molar-refractivity contribution in [3.63, 3.8) is 0 Å². The standard InChI is InChI=1S/C13H17NO2/c1-10(11-5-3-2-4-6-11)14-8-7-12(9-14)13(15)16/h2-6,10,12H,7-9H2,1H3,(H,15,16)/t10-,12?/m0/s1. The lowest BCUT2D eigenvalue weighted by molar-refractivity contribution is -0.141. The smallest absolute Gasteiger partial charge is 0.307 e. The van der Waals surface area contributed by atoms with Crippen LogP contribution in [0.15, 0.2) is 30.3 Å². The maximum atomic E-state index is 10.9. The second kappa shape index (κ2) is 4.66. The Labute approximate surface area is 95.7 Å². The predicted molar refractivity (Wildman–Crippen MR) is 62.2 cm³/mol. The number of hydrogen-bond donors (Lipinski definition) is 1. The zero-order chi connectivity index (χ0) is 11.5. The lowest BCUT2D eigenvalue weighted by Crippen LogP contribution is -2.26. The van der Waals surface area contributed by atoms with Gasteiger partial charge in [-0.1, -0.05) is 30.3 Å². The van der Waals surface area contributed by atoms with Crippen molar-refractivity contribution in [2.45, 2.75) is 19.4 Å². The molecule has 3 heteroatoms. The van der Waals surface area contributed by atoms with Crippen LogP contribution in [0.25, 0.3) is 0 Å². The van der Waals surface area contributed by atoms with E-state index in [2.05, 4.69) is 24.0 Å². The maximum Gasteiger partial charge on any atom is 0.307 e. The summed E-state index contributed by atoms with van der Waals surface area (Å²) in [6.45, 7) is 3.69. The molecule has 0 aliphatic carbocycles. The zero-order valence-electron chi connectivity index (χ0n) is 9.47. The van der Waals surface area contributed by atoms with Gasteiger partial charge in [0.2, 0.25) is 0 Å². The van der Waals surface area contributed by atoms with E-state index < -0.39 is 5.97 Å². The molecule has 2 rings (SSSR count). The third kappa shape index (κ3) is 2.25. The van der Waals surface area contributed by atoms with Crippen LogP contribution in [0, 0.1) is 5.92 Å². The molecule has 1 N–H and O–H groups in total. The molecule has 0 amide bonds. The van der Waals surface area contributed by atoms with Gasteiger partial charge >= 0.3 is 5.97 Å². The van der Waals surface area contributed by atoms with E-state index in [9.17, 15) is 4.79 Å². The Morgan fingerprint density at radius 3 is 2.69 bits per heavy atom. The third-order valence-electron chi connectivity index (χ3n) is 3.40. The Hall–Kier alpha value is -1.35. The second-order valence-electron chi connectivity index (χ2n) is 4.41. The molecule has 3 nitrogen and oxygen atoms in total. The number of carboxylic acid groups (broad SMARTS) is 1. The van der Waals surface area contributed by atoms with Gasteiger partial charge in [-0.25, -0.2) is 0 Å². The normalized spacial score (nSPS) is 23.2. The Morgan fingerprint density at radius 1 is 1.44 bits per heavy atom. The minimum atomic E-state index is -0.664. The summed E-state index contributed by atoms with van der Waals surface area (Å²) in [7, 11) is 0. The molecule has 0 saturated carbocycles. The summed E-state index contributed by atoms with van der Waals surface area (Å²) in [5.41, 5.74) is 1.26. The van der Waals surface area contributed by atoms with Crippen LogP contribution >= 0.6 is 0 Å². The number of nitrogens with zero attached hydrogens (tertiary/aromatic N) is 1. The van der Waals surface area contributed by atoms with Gasteiger partial charge < -0.3 is 5.11 Å². The van der Waals surface area contributed by atoms with Crippen LogP contribution in [0.1, 0.15) is 24.9 Å². The average Bonchev–Trinajstić information content (AvgIpc) is 2.78. The Bertz CT molecular complexity index is 363. The van der Waals surface area contributed by atoms with Crippen molar-refractivity contribution in [2.75, 3.05) is 13.1 Å². The van der Waals surface area contributed by atoms with Crippen molar-refractivity contribution in [1.29, 1.82) is 0 Å². The van der Waals surface area contributed by atoms with Gasteiger partial charge in [-0.3, -0.25) is 9.69 Å². The summed E-state index contributed by atoms with van der Waals surface area (Å²) in [6, 6.07) is 10.6. The van der Waals surface area contributed by atoms with Gasteiger partial charge in [-0.2, -0.15) is 0 Å². The molecule has 1 aromatic rings. The highest BCUT2D eigenvalue weighted by Gasteiger charge is 2.30. The van der Waals surface area contributed by atoms with E-state index in [1.165, 1.54) is 5.56 Å². The first-order valence-electron chi connectivity index (χ1n) is 5.70. The van der Waals surface area contributed by atoms with E-state index in [1.807, 2.05) is 18.2 Å². The fourth-order valence-electron chi connectivity index (χ4n) is 2.28. The molecule has 1 aromatic carbocycles. The molecule has 1 fully saturated rings. The van der Waals surface area contributed by atoms with Crippen LogP contribution in [0.4, 0.5) is 0 Å². The number of likely N-dealkylation sites (tertiary alicyclic amines) is 1. The molecular weight excluding hydrogens is 202 g/mol. The molecule has 1 heterocycles. The van der Waals surface area contributed by atoms with Crippen LogP contribution in [0.2, 0.25) is 0 Å². The first-order valence-corrected chi connectivity index (χ1v) is 5.70. The van der Waals surface area contributed by atoms with Gasteiger partial charge in [0.05, 0.1) is 5.92 Å². The van der Waals surface area contributed by atoms with E-state index in [0.29, 0.717) is 12.6 Å². The molecule has 2 atom stereocenters. The van der Waals surface area contributed by atoms with Crippen LogP contribution in [0.3, 0.4) is 0 Å². The highest BCUT2D eigenvalue weighted by Crippen LogP contribution is 2.27. The topological polar surface area (TPSA) is 40.5 Å². The SMILES string of the molecule is C[C@@H](c1ccccc1)N1CCC(C(=O)O)C1. The van der Waals surface area contributed by atoms with Crippen molar-refractivity contribution in [1.82, 2.24) is 4.90 Å². The number of carboxylic acids is 1. The summed E-state index contributed by atoms with van der Waals surface area (Å²) >= 11 is 0. The average molecular weight is 219 g/mol. The number of rotatable bonds is 3. The zero-order valence-corrected chi connectivity index (χ0v) is 9.47. The molecule has 86 valence electrons. The number of hydrogen-bond acceptors (Lipinski definition) is 2. The van der Waals surface area contributed by atoms with E-state index in [1.54, 1.807) is 0 Å².